The number of anilines is 1. The summed E-state index contributed by atoms with van der Waals surface area (Å²) in [6, 6.07) is 5.45. The van der Waals surface area contributed by atoms with Crippen molar-refractivity contribution in [1.82, 2.24) is 5.32 Å². The van der Waals surface area contributed by atoms with Crippen LogP contribution in [0.5, 0.6) is 5.75 Å². The standard InChI is InChI=1S/C13H18N2O2S/c1-2-17-12-4-3-9(7-11(12)14)13(16)15-10-5-6-18-8-10/h3-4,7,10H,2,5-6,8,14H2,1H3,(H,15,16). The van der Waals surface area contributed by atoms with Crippen molar-refractivity contribution in [2.45, 2.75) is 19.4 Å². The molecule has 3 N–H and O–H groups in total. The van der Waals surface area contributed by atoms with Crippen molar-refractivity contribution in [2.75, 3.05) is 23.8 Å². The number of ether oxygens (including phenoxy) is 1. The zero-order valence-corrected chi connectivity index (χ0v) is 11.3. The molecule has 5 heteroatoms. The Balaban J connectivity index is 2.03. The molecule has 1 aromatic rings. The van der Waals surface area contributed by atoms with Crippen LogP contribution in [-0.4, -0.2) is 30.1 Å². The lowest BCUT2D eigenvalue weighted by Gasteiger charge is -2.12. The average Bonchev–Trinajstić information content (AvgIpc) is 2.84. The second kappa shape index (κ2) is 6.00. The monoisotopic (exact) mass is 266 g/mol. The van der Waals surface area contributed by atoms with E-state index in [0.717, 1.165) is 17.9 Å². The molecule has 1 fully saturated rings. The molecule has 0 saturated carbocycles. The first-order valence-electron chi connectivity index (χ1n) is 6.11. The first kappa shape index (κ1) is 13.1. The van der Waals surface area contributed by atoms with Gasteiger partial charge >= 0.3 is 0 Å². The number of carbonyl (C=O) groups is 1. The number of nitrogen functional groups attached to an aromatic ring is 1. The maximum atomic E-state index is 12.0. The first-order valence-corrected chi connectivity index (χ1v) is 7.27. The quantitative estimate of drug-likeness (QED) is 0.817. The topological polar surface area (TPSA) is 64.3 Å². The van der Waals surface area contributed by atoms with E-state index in [9.17, 15) is 4.79 Å². The fourth-order valence-electron chi connectivity index (χ4n) is 1.89. The van der Waals surface area contributed by atoms with Gasteiger partial charge in [-0.3, -0.25) is 4.79 Å². The summed E-state index contributed by atoms with van der Waals surface area (Å²) in [5.74, 6) is 2.69. The largest absolute Gasteiger partial charge is 0.492 e. The highest BCUT2D eigenvalue weighted by atomic mass is 32.2. The van der Waals surface area contributed by atoms with E-state index in [1.165, 1.54) is 0 Å². The Morgan fingerprint density at radius 1 is 1.61 bits per heavy atom. The molecule has 98 valence electrons. The number of carbonyl (C=O) groups excluding carboxylic acids is 1. The molecule has 2 rings (SSSR count). The second-order valence-corrected chi connectivity index (χ2v) is 5.37. The van der Waals surface area contributed by atoms with E-state index in [1.54, 1.807) is 18.2 Å². The molecule has 0 bridgehead atoms. The van der Waals surface area contributed by atoms with Gasteiger partial charge in [0.05, 0.1) is 12.3 Å². The Morgan fingerprint density at radius 2 is 2.44 bits per heavy atom. The fourth-order valence-corrected chi connectivity index (χ4v) is 3.05. The van der Waals surface area contributed by atoms with E-state index >= 15 is 0 Å². The van der Waals surface area contributed by atoms with Crippen molar-refractivity contribution in [3.05, 3.63) is 23.8 Å². The van der Waals surface area contributed by atoms with Gasteiger partial charge in [0.25, 0.3) is 5.91 Å². The average molecular weight is 266 g/mol. The van der Waals surface area contributed by atoms with Crippen molar-refractivity contribution in [3.63, 3.8) is 0 Å². The minimum atomic E-state index is -0.0581. The van der Waals surface area contributed by atoms with Crippen LogP contribution in [0.2, 0.25) is 0 Å². The van der Waals surface area contributed by atoms with Gasteiger partial charge in [-0.2, -0.15) is 11.8 Å². The van der Waals surface area contributed by atoms with Gasteiger partial charge in [0.1, 0.15) is 5.75 Å². The zero-order valence-electron chi connectivity index (χ0n) is 10.4. The fraction of sp³-hybridized carbons (Fsp3) is 0.462. The number of benzene rings is 1. The molecule has 1 aliphatic heterocycles. The van der Waals surface area contributed by atoms with E-state index < -0.39 is 0 Å². The molecule has 1 amide bonds. The molecule has 1 atom stereocenters. The summed E-state index contributed by atoms with van der Waals surface area (Å²) in [7, 11) is 0. The summed E-state index contributed by atoms with van der Waals surface area (Å²) in [6.07, 6.45) is 1.04. The molecule has 0 spiro atoms. The zero-order chi connectivity index (χ0) is 13.0. The van der Waals surface area contributed by atoms with Crippen molar-refractivity contribution >= 4 is 23.4 Å². The third kappa shape index (κ3) is 3.10. The molecule has 1 aromatic carbocycles. The third-order valence-corrected chi connectivity index (χ3v) is 4.00. The third-order valence-electron chi connectivity index (χ3n) is 2.84. The van der Waals surface area contributed by atoms with Crippen molar-refractivity contribution in [3.8, 4) is 5.75 Å². The molecular formula is C13H18N2O2S. The van der Waals surface area contributed by atoms with E-state index in [1.807, 2.05) is 18.7 Å². The van der Waals surface area contributed by atoms with Gasteiger partial charge in [-0.15, -0.1) is 0 Å². The van der Waals surface area contributed by atoms with Crippen LogP contribution in [0.3, 0.4) is 0 Å². The normalized spacial score (nSPS) is 18.6. The van der Waals surface area contributed by atoms with E-state index in [2.05, 4.69) is 5.32 Å². The Kier molecular flexibility index (Phi) is 4.36. The number of hydrogen-bond acceptors (Lipinski definition) is 4. The van der Waals surface area contributed by atoms with E-state index in [4.69, 9.17) is 10.5 Å². The first-order chi connectivity index (χ1) is 8.70. The predicted molar refractivity (Wildman–Crippen MR) is 75.2 cm³/mol. The van der Waals surface area contributed by atoms with E-state index in [0.29, 0.717) is 23.6 Å². The lowest BCUT2D eigenvalue weighted by atomic mass is 10.1. The van der Waals surface area contributed by atoms with Crippen LogP contribution in [0.15, 0.2) is 18.2 Å². The highest BCUT2D eigenvalue weighted by Gasteiger charge is 2.18. The number of hydrogen-bond donors (Lipinski definition) is 2. The molecule has 0 radical (unpaired) electrons. The lowest BCUT2D eigenvalue weighted by molar-refractivity contribution is 0.0941. The summed E-state index contributed by atoms with van der Waals surface area (Å²) in [6.45, 7) is 2.47. The number of thioether (sulfide) groups is 1. The van der Waals surface area contributed by atoms with Gasteiger partial charge in [0.2, 0.25) is 0 Å². The Labute approximate surface area is 111 Å². The van der Waals surface area contributed by atoms with E-state index in [-0.39, 0.29) is 11.9 Å². The molecule has 18 heavy (non-hydrogen) atoms. The van der Waals surface area contributed by atoms with Gasteiger partial charge in [-0.25, -0.2) is 0 Å². The molecule has 1 heterocycles. The summed E-state index contributed by atoms with van der Waals surface area (Å²) >= 11 is 1.87. The van der Waals surface area contributed by atoms with Crippen LogP contribution in [-0.2, 0) is 0 Å². The van der Waals surface area contributed by atoms with Gasteiger partial charge in [0, 0.05) is 17.4 Å². The highest BCUT2D eigenvalue weighted by Crippen LogP contribution is 2.23. The second-order valence-electron chi connectivity index (χ2n) is 4.22. The van der Waals surface area contributed by atoms with Gasteiger partial charge in [-0.05, 0) is 37.3 Å². The van der Waals surface area contributed by atoms with Crippen LogP contribution in [0.25, 0.3) is 0 Å². The van der Waals surface area contributed by atoms with Crippen LogP contribution in [0.4, 0.5) is 5.69 Å². The number of rotatable bonds is 4. The number of nitrogens with two attached hydrogens (primary N) is 1. The molecule has 0 aromatic heterocycles. The van der Waals surface area contributed by atoms with Crippen molar-refractivity contribution in [1.29, 1.82) is 0 Å². The molecule has 4 nitrogen and oxygen atoms in total. The summed E-state index contributed by atoms with van der Waals surface area (Å²) < 4.78 is 5.34. The smallest absolute Gasteiger partial charge is 0.251 e. The van der Waals surface area contributed by atoms with Crippen LogP contribution in [0.1, 0.15) is 23.7 Å². The maximum absolute atomic E-state index is 12.0. The molecular weight excluding hydrogens is 248 g/mol. The Morgan fingerprint density at radius 3 is 3.06 bits per heavy atom. The van der Waals surface area contributed by atoms with Crippen LogP contribution < -0.4 is 15.8 Å². The summed E-state index contributed by atoms with van der Waals surface area (Å²) in [4.78, 5) is 12.0. The minimum absolute atomic E-state index is 0.0581. The van der Waals surface area contributed by atoms with Crippen molar-refractivity contribution < 1.29 is 9.53 Å². The van der Waals surface area contributed by atoms with Gasteiger partial charge in [-0.1, -0.05) is 0 Å². The van der Waals surface area contributed by atoms with Gasteiger partial charge < -0.3 is 15.8 Å². The molecule has 0 aliphatic carbocycles. The van der Waals surface area contributed by atoms with Gasteiger partial charge in [0.15, 0.2) is 0 Å². The lowest BCUT2D eigenvalue weighted by Crippen LogP contribution is -2.34. The summed E-state index contributed by atoms with van der Waals surface area (Å²) in [5, 5.41) is 3.02. The Bertz CT molecular complexity index is 431. The molecule has 1 saturated heterocycles. The minimum Gasteiger partial charge on any atom is -0.492 e. The SMILES string of the molecule is CCOc1ccc(C(=O)NC2CCSC2)cc1N. The molecule has 1 unspecified atom stereocenters. The summed E-state index contributed by atoms with van der Waals surface area (Å²) in [5.41, 5.74) is 6.94. The predicted octanol–water partition coefficient (Wildman–Crippen LogP) is 1.90. The highest BCUT2D eigenvalue weighted by molar-refractivity contribution is 7.99. The van der Waals surface area contributed by atoms with Crippen LogP contribution in [0, 0.1) is 0 Å². The van der Waals surface area contributed by atoms with Crippen LogP contribution >= 0.6 is 11.8 Å². The number of amides is 1. The Hall–Kier alpha value is -1.36. The number of nitrogens with one attached hydrogen (secondary N) is 1. The maximum Gasteiger partial charge on any atom is 0.251 e. The van der Waals surface area contributed by atoms with Crippen molar-refractivity contribution in [2.24, 2.45) is 0 Å². The molecule has 1 aliphatic rings.